The van der Waals surface area contributed by atoms with Crippen LogP contribution in [-0.2, 0) is 6.61 Å². The van der Waals surface area contributed by atoms with Crippen LogP contribution in [0, 0.1) is 12.7 Å². The normalized spacial score (nSPS) is 10.3. The van der Waals surface area contributed by atoms with Crippen molar-refractivity contribution in [3.05, 3.63) is 47.1 Å². The predicted octanol–water partition coefficient (Wildman–Crippen LogP) is 1.30. The summed E-state index contributed by atoms with van der Waals surface area (Å²) in [6, 6.07) is 5.81. The van der Waals surface area contributed by atoms with E-state index in [1.54, 1.807) is 13.0 Å². The number of hydrazine groups is 1. The topological polar surface area (TPSA) is 90.4 Å². The monoisotopic (exact) mass is 265 g/mol. The summed E-state index contributed by atoms with van der Waals surface area (Å²) in [5.41, 5.74) is 2.49. The van der Waals surface area contributed by atoms with E-state index in [9.17, 15) is 9.18 Å². The van der Waals surface area contributed by atoms with E-state index in [0.29, 0.717) is 17.1 Å². The van der Waals surface area contributed by atoms with Crippen LogP contribution >= 0.6 is 0 Å². The van der Waals surface area contributed by atoms with E-state index in [1.807, 2.05) is 5.43 Å². The molecule has 0 atom stereocenters. The Morgan fingerprint density at radius 2 is 2.32 bits per heavy atom. The van der Waals surface area contributed by atoms with Crippen LogP contribution in [0.4, 0.5) is 4.39 Å². The van der Waals surface area contributed by atoms with Crippen molar-refractivity contribution < 1.29 is 18.4 Å². The number of aromatic nitrogens is 1. The van der Waals surface area contributed by atoms with E-state index >= 15 is 0 Å². The van der Waals surface area contributed by atoms with Gasteiger partial charge in [0.1, 0.15) is 18.2 Å². The van der Waals surface area contributed by atoms with Gasteiger partial charge in [-0.3, -0.25) is 10.2 Å². The minimum absolute atomic E-state index is 0.0661. The Kier molecular flexibility index (Phi) is 3.76. The number of hydrogen-bond donors (Lipinski definition) is 2. The number of hydrogen-bond acceptors (Lipinski definition) is 5. The molecule has 0 fully saturated rings. The Labute approximate surface area is 108 Å². The molecule has 0 bridgehead atoms. The van der Waals surface area contributed by atoms with E-state index in [2.05, 4.69) is 5.16 Å². The molecule has 19 heavy (non-hydrogen) atoms. The predicted molar refractivity (Wildman–Crippen MR) is 63.6 cm³/mol. The number of ether oxygens (including phenoxy) is 1. The van der Waals surface area contributed by atoms with Gasteiger partial charge in [0.15, 0.2) is 11.5 Å². The number of carbonyl (C=O) groups excluding carboxylic acids is 1. The van der Waals surface area contributed by atoms with Crippen LogP contribution in [0.5, 0.6) is 5.75 Å². The highest BCUT2D eigenvalue weighted by molar-refractivity contribution is 5.91. The molecule has 6 nitrogen and oxygen atoms in total. The van der Waals surface area contributed by atoms with E-state index in [-0.39, 0.29) is 18.1 Å². The molecule has 100 valence electrons. The summed E-state index contributed by atoms with van der Waals surface area (Å²) in [6.07, 6.45) is 0. The minimum Gasteiger partial charge on any atom is -0.486 e. The second kappa shape index (κ2) is 5.49. The zero-order valence-corrected chi connectivity index (χ0v) is 10.1. The summed E-state index contributed by atoms with van der Waals surface area (Å²) in [6.45, 7) is 1.72. The van der Waals surface area contributed by atoms with Crippen molar-refractivity contribution in [1.82, 2.24) is 10.6 Å². The van der Waals surface area contributed by atoms with Gasteiger partial charge < -0.3 is 9.26 Å². The summed E-state index contributed by atoms with van der Waals surface area (Å²) < 4.78 is 23.3. The van der Waals surface area contributed by atoms with Gasteiger partial charge in [-0.1, -0.05) is 5.16 Å². The summed E-state index contributed by atoms with van der Waals surface area (Å²) in [7, 11) is 0. The molecule has 3 N–H and O–H groups in total. The third kappa shape index (κ3) is 3.08. The van der Waals surface area contributed by atoms with E-state index in [4.69, 9.17) is 15.1 Å². The van der Waals surface area contributed by atoms with Gasteiger partial charge >= 0.3 is 0 Å². The smallest absolute Gasteiger partial charge is 0.287 e. The van der Waals surface area contributed by atoms with Gasteiger partial charge in [0, 0.05) is 6.07 Å². The number of nitrogen functional groups attached to an aromatic ring is 1. The molecule has 0 aliphatic carbocycles. The molecule has 0 saturated carbocycles. The van der Waals surface area contributed by atoms with Crippen molar-refractivity contribution in [1.29, 1.82) is 0 Å². The maximum absolute atomic E-state index is 13.1. The van der Waals surface area contributed by atoms with Gasteiger partial charge in [0.25, 0.3) is 5.91 Å². The van der Waals surface area contributed by atoms with Crippen molar-refractivity contribution in [2.24, 2.45) is 5.84 Å². The average Bonchev–Trinajstić information content (AvgIpc) is 2.88. The highest BCUT2D eigenvalue weighted by atomic mass is 19.1. The molecule has 0 radical (unpaired) electrons. The maximum Gasteiger partial charge on any atom is 0.287 e. The van der Waals surface area contributed by atoms with Crippen molar-refractivity contribution in [3.63, 3.8) is 0 Å². The molecule has 0 spiro atoms. The van der Waals surface area contributed by atoms with Crippen molar-refractivity contribution >= 4 is 5.91 Å². The van der Waals surface area contributed by atoms with Crippen molar-refractivity contribution in [2.75, 3.05) is 0 Å². The van der Waals surface area contributed by atoms with Gasteiger partial charge in [-0.25, -0.2) is 10.2 Å². The number of benzene rings is 1. The molecule has 7 heteroatoms. The quantitative estimate of drug-likeness (QED) is 0.494. The van der Waals surface area contributed by atoms with Crippen LogP contribution in [-0.4, -0.2) is 11.1 Å². The van der Waals surface area contributed by atoms with Crippen molar-refractivity contribution in [3.8, 4) is 5.75 Å². The second-order valence-corrected chi connectivity index (χ2v) is 3.85. The van der Waals surface area contributed by atoms with Crippen LogP contribution in [0.3, 0.4) is 0 Å². The number of nitrogens with two attached hydrogens (primary N) is 1. The Balaban J connectivity index is 2.00. The first-order chi connectivity index (χ1) is 9.10. The summed E-state index contributed by atoms with van der Waals surface area (Å²) >= 11 is 0. The fourth-order valence-electron chi connectivity index (χ4n) is 1.42. The molecule has 0 aliphatic heterocycles. The lowest BCUT2D eigenvalue weighted by Crippen LogP contribution is -2.30. The Morgan fingerprint density at radius 3 is 3.00 bits per heavy atom. The molecule has 1 aromatic heterocycles. The fraction of sp³-hybridized carbons (Fsp3) is 0.167. The number of carbonyl (C=O) groups is 1. The van der Waals surface area contributed by atoms with E-state index in [1.165, 1.54) is 18.2 Å². The molecule has 1 aromatic carbocycles. The van der Waals surface area contributed by atoms with Crippen LogP contribution in [0.1, 0.15) is 21.8 Å². The maximum atomic E-state index is 13.1. The number of amides is 1. The fourth-order valence-corrected chi connectivity index (χ4v) is 1.42. The Bertz CT molecular complexity index is 598. The summed E-state index contributed by atoms with van der Waals surface area (Å²) in [5, 5.41) is 3.52. The standard InChI is InChI=1S/C12H12FN3O3/c1-7-4-8(2-3-10(7)13)18-6-9-5-11(16-19-9)12(17)15-14/h2-5H,6,14H2,1H3,(H,15,17). The number of aryl methyl sites for hydroxylation is 1. The average molecular weight is 265 g/mol. The lowest BCUT2D eigenvalue weighted by atomic mass is 10.2. The van der Waals surface area contributed by atoms with E-state index < -0.39 is 5.91 Å². The SMILES string of the molecule is Cc1cc(OCc2cc(C(=O)NN)no2)ccc1F. The summed E-state index contributed by atoms with van der Waals surface area (Å²) in [4.78, 5) is 11.1. The molecule has 1 heterocycles. The lowest BCUT2D eigenvalue weighted by molar-refractivity contribution is 0.0944. The molecule has 2 rings (SSSR count). The van der Waals surface area contributed by atoms with Gasteiger partial charge in [-0.15, -0.1) is 0 Å². The molecule has 0 unspecified atom stereocenters. The third-order valence-corrected chi connectivity index (χ3v) is 2.43. The van der Waals surface area contributed by atoms with Crippen molar-refractivity contribution in [2.45, 2.75) is 13.5 Å². The molecule has 1 amide bonds. The first-order valence-electron chi connectivity index (χ1n) is 5.45. The zero-order chi connectivity index (χ0) is 13.8. The number of halogens is 1. The third-order valence-electron chi connectivity index (χ3n) is 2.43. The molecule has 0 aliphatic rings. The first kappa shape index (κ1) is 13.0. The highest BCUT2D eigenvalue weighted by Crippen LogP contribution is 2.17. The van der Waals surface area contributed by atoms with E-state index in [0.717, 1.165) is 0 Å². The molecule has 2 aromatic rings. The van der Waals surface area contributed by atoms with Gasteiger partial charge in [0.05, 0.1) is 0 Å². The number of nitrogens with zero attached hydrogens (tertiary/aromatic N) is 1. The summed E-state index contributed by atoms with van der Waals surface area (Å²) in [5.74, 6) is 4.98. The molecular formula is C12H12FN3O3. The van der Waals surface area contributed by atoms with Crippen LogP contribution in [0.15, 0.2) is 28.8 Å². The van der Waals surface area contributed by atoms with Gasteiger partial charge in [-0.05, 0) is 30.7 Å². The number of rotatable bonds is 4. The second-order valence-electron chi connectivity index (χ2n) is 3.85. The van der Waals surface area contributed by atoms with Gasteiger partial charge in [0.2, 0.25) is 0 Å². The largest absolute Gasteiger partial charge is 0.486 e. The molecular weight excluding hydrogens is 253 g/mol. The Morgan fingerprint density at radius 1 is 1.53 bits per heavy atom. The number of nitrogens with one attached hydrogen (secondary N) is 1. The Hall–Kier alpha value is -2.41. The van der Waals surface area contributed by atoms with Crippen LogP contribution < -0.4 is 16.0 Å². The minimum atomic E-state index is -0.548. The van der Waals surface area contributed by atoms with Crippen LogP contribution in [0.2, 0.25) is 0 Å². The molecule has 0 saturated heterocycles. The zero-order valence-electron chi connectivity index (χ0n) is 10.1. The van der Waals surface area contributed by atoms with Crippen LogP contribution in [0.25, 0.3) is 0 Å². The lowest BCUT2D eigenvalue weighted by Gasteiger charge is -2.04. The van der Waals surface area contributed by atoms with Gasteiger partial charge in [-0.2, -0.15) is 0 Å². The highest BCUT2D eigenvalue weighted by Gasteiger charge is 2.11. The first-order valence-corrected chi connectivity index (χ1v) is 5.45.